The Balaban J connectivity index is 3.56. The van der Waals surface area contributed by atoms with E-state index in [-0.39, 0.29) is 18.6 Å². The first-order valence-corrected chi connectivity index (χ1v) is 4.17. The molecule has 0 spiro atoms. The van der Waals surface area contributed by atoms with Gasteiger partial charge in [0.2, 0.25) is 0 Å². The fraction of sp³-hybridized carbons (Fsp3) is 1.00. The Kier molecular flexibility index (Phi) is 6.51. The molecule has 3 heteroatoms. The van der Waals surface area contributed by atoms with E-state index in [4.69, 9.17) is 10.4 Å². The summed E-state index contributed by atoms with van der Waals surface area (Å²) < 4.78 is 0. The summed E-state index contributed by atoms with van der Waals surface area (Å²) in [4.78, 5) is 4.25. The van der Waals surface area contributed by atoms with Crippen LogP contribution in [0.2, 0.25) is 0 Å². The molecule has 0 aliphatic rings. The van der Waals surface area contributed by atoms with Gasteiger partial charge in [-0.1, -0.05) is 26.7 Å². The highest BCUT2D eigenvalue weighted by molar-refractivity contribution is 4.63. The van der Waals surface area contributed by atoms with Gasteiger partial charge in [-0.2, -0.15) is 0 Å². The Morgan fingerprint density at radius 2 is 2.09 bits per heavy atom. The molecule has 0 aromatic rings. The molecule has 0 fully saturated rings. The zero-order valence-electron chi connectivity index (χ0n) is 7.29. The molecular weight excluding hydrogens is 144 g/mol. The van der Waals surface area contributed by atoms with Crippen LogP contribution >= 0.6 is 0 Å². The third-order valence-electron chi connectivity index (χ3n) is 1.90. The van der Waals surface area contributed by atoms with Crippen LogP contribution in [-0.2, 0) is 4.89 Å². The van der Waals surface area contributed by atoms with Crippen LogP contribution < -0.4 is 0 Å². The smallest absolute Gasteiger partial charge is 0.0974 e. The van der Waals surface area contributed by atoms with Crippen LogP contribution in [0.15, 0.2) is 0 Å². The molecular formula is C8H18O3. The van der Waals surface area contributed by atoms with Gasteiger partial charge in [0.1, 0.15) is 0 Å². The molecule has 0 heterocycles. The molecule has 11 heavy (non-hydrogen) atoms. The van der Waals surface area contributed by atoms with Crippen LogP contribution in [0.3, 0.4) is 0 Å². The summed E-state index contributed by atoms with van der Waals surface area (Å²) in [6, 6.07) is 0. The van der Waals surface area contributed by atoms with Crippen molar-refractivity contribution in [2.45, 2.75) is 39.2 Å². The van der Waals surface area contributed by atoms with Crippen molar-refractivity contribution < 1.29 is 15.3 Å². The molecule has 0 saturated heterocycles. The van der Waals surface area contributed by atoms with Crippen LogP contribution in [0, 0.1) is 5.92 Å². The molecule has 0 amide bonds. The molecule has 68 valence electrons. The van der Waals surface area contributed by atoms with Crippen molar-refractivity contribution in [3.8, 4) is 0 Å². The second-order valence-electron chi connectivity index (χ2n) is 2.95. The number of rotatable bonds is 6. The fourth-order valence-corrected chi connectivity index (χ4v) is 0.964. The molecule has 2 unspecified atom stereocenters. The highest BCUT2D eigenvalue weighted by Crippen LogP contribution is 2.12. The Labute approximate surface area is 67.9 Å². The van der Waals surface area contributed by atoms with Crippen molar-refractivity contribution in [1.82, 2.24) is 0 Å². The molecule has 0 aliphatic heterocycles. The van der Waals surface area contributed by atoms with E-state index in [2.05, 4.69) is 11.8 Å². The van der Waals surface area contributed by atoms with Crippen LogP contribution in [0.1, 0.15) is 33.1 Å². The Hall–Kier alpha value is -0.120. The highest BCUT2D eigenvalue weighted by Gasteiger charge is 2.16. The summed E-state index contributed by atoms with van der Waals surface area (Å²) in [5.74, 6) is 0.0200. The zero-order valence-corrected chi connectivity index (χ0v) is 7.29. The topological polar surface area (TPSA) is 49.7 Å². The molecule has 0 aromatic heterocycles. The Morgan fingerprint density at radius 1 is 1.45 bits per heavy atom. The number of hydrogen-bond donors (Lipinski definition) is 2. The third kappa shape index (κ3) is 4.35. The van der Waals surface area contributed by atoms with Gasteiger partial charge >= 0.3 is 0 Å². The second-order valence-corrected chi connectivity index (χ2v) is 2.95. The first kappa shape index (κ1) is 10.9. The number of aliphatic hydroxyl groups is 1. The van der Waals surface area contributed by atoms with Crippen LogP contribution in [-0.4, -0.2) is 23.1 Å². The number of unbranched alkanes of at least 4 members (excludes halogenated alkanes) is 1. The van der Waals surface area contributed by atoms with Crippen molar-refractivity contribution >= 4 is 0 Å². The Morgan fingerprint density at radius 3 is 2.45 bits per heavy atom. The third-order valence-corrected chi connectivity index (χ3v) is 1.90. The summed E-state index contributed by atoms with van der Waals surface area (Å²) in [5, 5.41) is 17.2. The summed E-state index contributed by atoms with van der Waals surface area (Å²) in [7, 11) is 0. The highest BCUT2D eigenvalue weighted by atomic mass is 17.1. The van der Waals surface area contributed by atoms with Gasteiger partial charge < -0.3 is 5.11 Å². The van der Waals surface area contributed by atoms with Gasteiger partial charge in [0.15, 0.2) is 0 Å². The van der Waals surface area contributed by atoms with Crippen LogP contribution in [0.4, 0.5) is 0 Å². The predicted octanol–water partition coefficient (Wildman–Crippen LogP) is 1.66. The van der Waals surface area contributed by atoms with Gasteiger partial charge in [-0.05, 0) is 6.42 Å². The van der Waals surface area contributed by atoms with E-state index in [1.54, 1.807) is 0 Å². The van der Waals surface area contributed by atoms with Crippen molar-refractivity contribution in [1.29, 1.82) is 0 Å². The monoisotopic (exact) mass is 162 g/mol. The lowest BCUT2D eigenvalue weighted by atomic mass is 10.0. The minimum atomic E-state index is -0.208. The van der Waals surface area contributed by atoms with Gasteiger partial charge in [-0.25, -0.2) is 4.89 Å². The molecule has 0 rings (SSSR count). The normalized spacial score (nSPS) is 16.4. The minimum absolute atomic E-state index is 0.0200. The largest absolute Gasteiger partial charge is 0.396 e. The van der Waals surface area contributed by atoms with E-state index >= 15 is 0 Å². The summed E-state index contributed by atoms with van der Waals surface area (Å²) in [5.41, 5.74) is 0. The summed E-state index contributed by atoms with van der Waals surface area (Å²) in [6.45, 7) is 4.00. The van der Waals surface area contributed by atoms with E-state index < -0.39 is 0 Å². The quantitative estimate of drug-likeness (QED) is 0.461. The van der Waals surface area contributed by atoms with Gasteiger partial charge in [-0.15, -0.1) is 0 Å². The van der Waals surface area contributed by atoms with E-state index in [1.165, 1.54) is 0 Å². The average molecular weight is 162 g/mol. The summed E-state index contributed by atoms with van der Waals surface area (Å²) in [6.07, 6.45) is 2.71. The van der Waals surface area contributed by atoms with Gasteiger partial charge in [0.25, 0.3) is 0 Å². The zero-order chi connectivity index (χ0) is 8.69. The maximum atomic E-state index is 8.74. The second kappa shape index (κ2) is 6.58. The van der Waals surface area contributed by atoms with Gasteiger partial charge in [-0.3, -0.25) is 5.26 Å². The number of hydrogen-bond acceptors (Lipinski definition) is 3. The van der Waals surface area contributed by atoms with Gasteiger partial charge in [0.05, 0.1) is 6.10 Å². The van der Waals surface area contributed by atoms with Crippen LogP contribution in [0.5, 0.6) is 0 Å². The SMILES string of the molecule is CCCCC(OO)C(C)CO. The maximum absolute atomic E-state index is 8.74. The number of aliphatic hydroxyl groups excluding tert-OH is 1. The molecule has 2 atom stereocenters. The van der Waals surface area contributed by atoms with Gasteiger partial charge in [0, 0.05) is 12.5 Å². The first-order valence-electron chi connectivity index (χ1n) is 4.17. The lowest BCUT2D eigenvalue weighted by Gasteiger charge is -2.17. The lowest BCUT2D eigenvalue weighted by Crippen LogP contribution is -2.23. The molecule has 3 nitrogen and oxygen atoms in total. The molecule has 0 saturated carbocycles. The Bertz CT molecular complexity index is 85.4. The van der Waals surface area contributed by atoms with E-state index in [0.717, 1.165) is 19.3 Å². The molecule has 0 radical (unpaired) electrons. The molecule has 0 bridgehead atoms. The van der Waals surface area contributed by atoms with Crippen LogP contribution in [0.25, 0.3) is 0 Å². The molecule has 0 aliphatic carbocycles. The first-order chi connectivity index (χ1) is 5.26. The average Bonchev–Trinajstić information content (AvgIpc) is 2.05. The van der Waals surface area contributed by atoms with E-state index in [0.29, 0.717) is 0 Å². The summed E-state index contributed by atoms with van der Waals surface area (Å²) >= 11 is 0. The lowest BCUT2D eigenvalue weighted by molar-refractivity contribution is -0.292. The van der Waals surface area contributed by atoms with Crippen molar-refractivity contribution in [2.75, 3.05) is 6.61 Å². The fourth-order valence-electron chi connectivity index (χ4n) is 0.964. The van der Waals surface area contributed by atoms with Crippen molar-refractivity contribution in [3.05, 3.63) is 0 Å². The standard InChI is InChI=1S/C8H18O3/c1-3-4-5-8(11-10)7(2)6-9/h7-10H,3-6H2,1-2H3. The predicted molar refractivity (Wildman–Crippen MR) is 43.3 cm³/mol. The molecule has 0 aromatic carbocycles. The van der Waals surface area contributed by atoms with Crippen molar-refractivity contribution in [3.63, 3.8) is 0 Å². The van der Waals surface area contributed by atoms with E-state index in [9.17, 15) is 0 Å². The molecule has 2 N–H and O–H groups in total. The van der Waals surface area contributed by atoms with Crippen molar-refractivity contribution in [2.24, 2.45) is 5.92 Å². The van der Waals surface area contributed by atoms with E-state index in [1.807, 2.05) is 6.92 Å². The maximum Gasteiger partial charge on any atom is 0.0974 e. The minimum Gasteiger partial charge on any atom is -0.396 e.